The van der Waals surface area contributed by atoms with Gasteiger partial charge in [-0.3, -0.25) is 14.9 Å². The Morgan fingerprint density at radius 1 is 1.25 bits per heavy atom. The minimum Gasteiger partial charge on any atom is -0.490 e. The van der Waals surface area contributed by atoms with Crippen LogP contribution in [0.2, 0.25) is 0 Å². The zero-order chi connectivity index (χ0) is 17.4. The van der Waals surface area contributed by atoms with Crippen LogP contribution in [0.15, 0.2) is 29.8 Å². The van der Waals surface area contributed by atoms with E-state index in [1.54, 1.807) is 6.07 Å². The lowest BCUT2D eigenvalue weighted by Crippen LogP contribution is -2.39. The minimum atomic E-state index is -0.760. The number of ether oxygens (including phenoxy) is 2. The number of hydrogen-bond acceptors (Lipinski definition) is 7. The van der Waals surface area contributed by atoms with Crippen molar-refractivity contribution in [2.24, 2.45) is 0 Å². The minimum absolute atomic E-state index is 0.235. The third kappa shape index (κ3) is 4.92. The summed E-state index contributed by atoms with van der Waals surface area (Å²) in [5.41, 5.74) is 1.47. The van der Waals surface area contributed by atoms with Gasteiger partial charge in [0, 0.05) is 7.05 Å². The molecule has 0 radical (unpaired) electrons. The van der Waals surface area contributed by atoms with Gasteiger partial charge in [0.1, 0.15) is 12.1 Å². The van der Waals surface area contributed by atoms with Crippen LogP contribution in [0.1, 0.15) is 6.92 Å². The average molecular weight is 350 g/mol. The number of hydrogen-bond donors (Lipinski definition) is 1. The van der Waals surface area contributed by atoms with Gasteiger partial charge in [0.05, 0.1) is 13.2 Å². The van der Waals surface area contributed by atoms with Crippen molar-refractivity contribution in [2.75, 3.05) is 32.1 Å². The molecule has 1 aromatic heterocycles. The van der Waals surface area contributed by atoms with Crippen molar-refractivity contribution < 1.29 is 19.1 Å². The van der Waals surface area contributed by atoms with Crippen molar-refractivity contribution in [3.05, 3.63) is 29.8 Å². The second kappa shape index (κ2) is 8.82. The van der Waals surface area contributed by atoms with E-state index in [4.69, 9.17) is 9.47 Å². The Morgan fingerprint density at radius 3 is 2.58 bits per heavy atom. The number of carbonyl (C=O) groups is 2. The van der Waals surface area contributed by atoms with E-state index in [-0.39, 0.29) is 18.3 Å². The molecule has 0 spiro atoms. The molecule has 0 atom stereocenters. The third-order valence-electron chi connectivity index (χ3n) is 2.95. The van der Waals surface area contributed by atoms with Gasteiger partial charge in [0.2, 0.25) is 5.13 Å². The molecule has 0 unspecified atom stereocenters. The van der Waals surface area contributed by atoms with Crippen molar-refractivity contribution in [1.29, 1.82) is 0 Å². The number of aromatic nitrogens is 2. The molecule has 8 nitrogen and oxygen atoms in total. The van der Waals surface area contributed by atoms with Crippen LogP contribution in [0.5, 0.6) is 11.5 Å². The number of likely N-dealkylation sites (N-methyl/N-ethyl adjacent to an activating group) is 1. The highest BCUT2D eigenvalue weighted by Gasteiger charge is 2.19. The fourth-order valence-corrected chi connectivity index (χ4v) is 2.23. The summed E-state index contributed by atoms with van der Waals surface area (Å²) in [4.78, 5) is 25.0. The molecule has 0 saturated carbocycles. The topological polar surface area (TPSA) is 93.7 Å². The van der Waals surface area contributed by atoms with E-state index < -0.39 is 11.8 Å². The molecule has 9 heteroatoms. The molecule has 0 saturated heterocycles. The number of benzene rings is 1. The molecule has 128 valence electrons. The molecule has 0 aliphatic carbocycles. The van der Waals surface area contributed by atoms with Gasteiger partial charge < -0.3 is 14.4 Å². The molecule has 1 heterocycles. The Kier molecular flexibility index (Phi) is 6.50. The van der Waals surface area contributed by atoms with Gasteiger partial charge in [-0.15, -0.1) is 10.2 Å². The normalized spacial score (nSPS) is 10.1. The molecule has 2 rings (SSSR count). The highest BCUT2D eigenvalue weighted by molar-refractivity contribution is 7.13. The van der Waals surface area contributed by atoms with Crippen molar-refractivity contribution >= 4 is 28.3 Å². The van der Waals surface area contributed by atoms with Gasteiger partial charge in [-0.25, -0.2) is 0 Å². The van der Waals surface area contributed by atoms with E-state index in [1.165, 1.54) is 17.5 Å². The molecule has 1 N–H and O–H groups in total. The van der Waals surface area contributed by atoms with Crippen molar-refractivity contribution in [3.8, 4) is 11.5 Å². The van der Waals surface area contributed by atoms with Crippen LogP contribution in [0.3, 0.4) is 0 Å². The van der Waals surface area contributed by atoms with Crippen LogP contribution >= 0.6 is 11.3 Å². The van der Waals surface area contributed by atoms with Crippen molar-refractivity contribution in [3.63, 3.8) is 0 Å². The summed E-state index contributed by atoms with van der Waals surface area (Å²) >= 11 is 1.14. The van der Waals surface area contributed by atoms with Gasteiger partial charge in [-0.1, -0.05) is 23.5 Å². The molecular formula is C15H18N4O4S. The van der Waals surface area contributed by atoms with E-state index >= 15 is 0 Å². The van der Waals surface area contributed by atoms with Crippen LogP contribution in [-0.4, -0.2) is 53.7 Å². The maximum absolute atomic E-state index is 12.0. The van der Waals surface area contributed by atoms with Crippen LogP contribution in [0, 0.1) is 0 Å². The standard InChI is InChI=1S/C15H18N4O4S/c1-3-22-11-6-4-5-7-12(11)23-9-8-19(2)14(21)13(20)17-15-18-16-10-24-15/h4-7,10H,3,8-9H2,1-2H3,(H,17,18,20). The zero-order valence-corrected chi connectivity index (χ0v) is 14.2. The number of anilines is 1. The van der Waals surface area contributed by atoms with E-state index in [2.05, 4.69) is 15.5 Å². The molecule has 24 heavy (non-hydrogen) atoms. The third-order valence-corrected chi connectivity index (χ3v) is 3.56. The first-order valence-corrected chi connectivity index (χ1v) is 8.17. The molecule has 1 aromatic carbocycles. The number of nitrogens with zero attached hydrogens (tertiary/aromatic N) is 3. The van der Waals surface area contributed by atoms with Crippen LogP contribution in [0.4, 0.5) is 5.13 Å². The highest BCUT2D eigenvalue weighted by atomic mass is 32.1. The SMILES string of the molecule is CCOc1ccccc1OCCN(C)C(=O)C(=O)Nc1nncs1. The number of amides is 2. The van der Waals surface area contributed by atoms with Crippen LogP contribution in [0.25, 0.3) is 0 Å². The zero-order valence-electron chi connectivity index (χ0n) is 13.4. The smallest absolute Gasteiger partial charge is 0.315 e. The van der Waals surface area contributed by atoms with Gasteiger partial charge in [-0.2, -0.15) is 0 Å². The maximum atomic E-state index is 12.0. The Labute approximate surface area is 143 Å². The Balaban J connectivity index is 1.81. The number of rotatable bonds is 7. The van der Waals surface area contributed by atoms with Crippen molar-refractivity contribution in [2.45, 2.75) is 6.92 Å². The quantitative estimate of drug-likeness (QED) is 0.759. The first kappa shape index (κ1) is 17.7. The summed E-state index contributed by atoms with van der Waals surface area (Å²) in [5, 5.41) is 9.91. The molecule has 0 aliphatic rings. The van der Waals surface area contributed by atoms with Gasteiger partial charge in [0.25, 0.3) is 0 Å². The first-order valence-electron chi connectivity index (χ1n) is 7.29. The molecule has 2 aromatic rings. The summed E-state index contributed by atoms with van der Waals surface area (Å²) < 4.78 is 11.1. The molecule has 0 aliphatic heterocycles. The Hall–Kier alpha value is -2.68. The van der Waals surface area contributed by atoms with E-state index in [0.717, 1.165) is 11.3 Å². The van der Waals surface area contributed by atoms with Crippen LogP contribution < -0.4 is 14.8 Å². The molecular weight excluding hydrogens is 332 g/mol. The average Bonchev–Trinajstić information content (AvgIpc) is 3.08. The van der Waals surface area contributed by atoms with Gasteiger partial charge in [0.15, 0.2) is 11.5 Å². The first-order chi connectivity index (χ1) is 11.6. The fourth-order valence-electron chi connectivity index (χ4n) is 1.79. The second-order valence-corrected chi connectivity index (χ2v) is 5.49. The lowest BCUT2D eigenvalue weighted by Gasteiger charge is -2.17. The Morgan fingerprint density at radius 2 is 1.96 bits per heavy atom. The summed E-state index contributed by atoms with van der Waals surface area (Å²) in [6, 6.07) is 7.28. The van der Waals surface area contributed by atoms with Gasteiger partial charge >= 0.3 is 11.8 Å². The molecule has 0 fully saturated rings. The van der Waals surface area contributed by atoms with Gasteiger partial charge in [-0.05, 0) is 19.1 Å². The summed E-state index contributed by atoms with van der Waals surface area (Å²) in [7, 11) is 1.53. The van der Waals surface area contributed by atoms with Crippen LogP contribution in [-0.2, 0) is 9.59 Å². The lowest BCUT2D eigenvalue weighted by atomic mass is 10.3. The van der Waals surface area contributed by atoms with E-state index in [0.29, 0.717) is 18.1 Å². The van der Waals surface area contributed by atoms with E-state index in [1.807, 2.05) is 25.1 Å². The lowest BCUT2D eigenvalue weighted by molar-refractivity contribution is -0.142. The molecule has 0 bridgehead atoms. The molecule has 2 amide bonds. The number of para-hydroxylation sites is 2. The monoisotopic (exact) mass is 350 g/mol. The summed E-state index contributed by atoms with van der Waals surface area (Å²) in [6.45, 7) is 2.91. The summed E-state index contributed by atoms with van der Waals surface area (Å²) in [5.74, 6) is -0.197. The number of nitrogens with one attached hydrogen (secondary N) is 1. The summed E-state index contributed by atoms with van der Waals surface area (Å²) in [6.07, 6.45) is 0. The second-order valence-electron chi connectivity index (χ2n) is 4.65. The number of carbonyl (C=O) groups excluding carboxylic acids is 2. The fraction of sp³-hybridized carbons (Fsp3) is 0.333. The Bertz CT molecular complexity index is 678. The predicted molar refractivity (Wildman–Crippen MR) is 89.3 cm³/mol. The predicted octanol–water partition coefficient (Wildman–Crippen LogP) is 1.41. The highest BCUT2D eigenvalue weighted by Crippen LogP contribution is 2.26. The van der Waals surface area contributed by atoms with E-state index in [9.17, 15) is 9.59 Å². The largest absolute Gasteiger partial charge is 0.490 e. The van der Waals surface area contributed by atoms with Crippen molar-refractivity contribution in [1.82, 2.24) is 15.1 Å². The maximum Gasteiger partial charge on any atom is 0.315 e.